The summed E-state index contributed by atoms with van der Waals surface area (Å²) in [5.41, 5.74) is 3.17. The molecule has 0 aliphatic carbocycles. The van der Waals surface area contributed by atoms with E-state index in [0.29, 0.717) is 29.5 Å². The predicted octanol–water partition coefficient (Wildman–Crippen LogP) is 3.57. The highest BCUT2D eigenvalue weighted by atomic mass is 35.5. The van der Waals surface area contributed by atoms with Gasteiger partial charge >= 0.3 is 0 Å². The maximum Gasteiger partial charge on any atom is 0.158 e. The highest BCUT2D eigenvalue weighted by Crippen LogP contribution is 2.22. The molecular weight excluding hydrogens is 431 g/mol. The van der Waals surface area contributed by atoms with Gasteiger partial charge in [-0.2, -0.15) is 0 Å². The number of hydrogen-bond donors (Lipinski definition) is 3. The molecule has 0 aliphatic heterocycles. The average molecular weight is 455 g/mol. The van der Waals surface area contributed by atoms with Crippen LogP contribution in [-0.4, -0.2) is 47.6 Å². The molecule has 0 fully saturated rings. The number of hydrogen-bond acceptors (Lipinski definition) is 5. The number of aromatic nitrogens is 1. The first-order valence-corrected chi connectivity index (χ1v) is 10.5. The molecule has 2 aromatic carbocycles. The van der Waals surface area contributed by atoms with Gasteiger partial charge < -0.3 is 20.3 Å². The van der Waals surface area contributed by atoms with Crippen LogP contribution in [0.25, 0.3) is 11.1 Å². The summed E-state index contributed by atoms with van der Waals surface area (Å²) >= 11 is 5.89. The van der Waals surface area contributed by atoms with Gasteiger partial charge in [0, 0.05) is 28.9 Å². The fourth-order valence-electron chi connectivity index (χ4n) is 2.96. The molecule has 166 valence electrons. The molecular formula is C25H24ClFN2O3. The van der Waals surface area contributed by atoms with Crippen LogP contribution < -0.4 is 10.1 Å². The Bertz CT molecular complexity index is 1110. The van der Waals surface area contributed by atoms with Gasteiger partial charge in [0.05, 0.1) is 19.3 Å². The highest BCUT2D eigenvalue weighted by molar-refractivity contribution is 6.30. The van der Waals surface area contributed by atoms with Gasteiger partial charge in [0.15, 0.2) is 5.82 Å². The number of aliphatic hydroxyl groups is 2. The van der Waals surface area contributed by atoms with E-state index in [-0.39, 0.29) is 24.9 Å². The molecule has 0 amide bonds. The molecule has 3 rings (SSSR count). The molecule has 3 N–H and O–H groups in total. The lowest BCUT2D eigenvalue weighted by Crippen LogP contribution is -2.38. The zero-order valence-corrected chi connectivity index (χ0v) is 18.4. The Balaban J connectivity index is 1.64. The largest absolute Gasteiger partial charge is 0.492 e. The average Bonchev–Trinajstić information content (AvgIpc) is 2.80. The normalized spacial score (nSPS) is 10.7. The molecule has 1 heterocycles. The number of aliphatic hydroxyl groups excluding tert-OH is 2. The van der Waals surface area contributed by atoms with Crippen LogP contribution in [0.5, 0.6) is 5.75 Å². The number of halogens is 2. The van der Waals surface area contributed by atoms with Gasteiger partial charge in [-0.1, -0.05) is 29.7 Å². The topological polar surface area (TPSA) is 74.6 Å². The summed E-state index contributed by atoms with van der Waals surface area (Å²) in [6.45, 7) is 2.50. The third-order valence-corrected chi connectivity index (χ3v) is 5.00. The lowest BCUT2D eigenvalue weighted by molar-refractivity contribution is 0.166. The maximum atomic E-state index is 14.5. The summed E-state index contributed by atoms with van der Waals surface area (Å²) in [6, 6.07) is 13.6. The molecule has 0 atom stereocenters. The number of nitrogens with one attached hydrogen (secondary N) is 1. The predicted molar refractivity (Wildman–Crippen MR) is 123 cm³/mol. The van der Waals surface area contributed by atoms with Gasteiger partial charge in [0.25, 0.3) is 0 Å². The molecule has 0 bridgehead atoms. The molecule has 0 spiro atoms. The van der Waals surface area contributed by atoms with Crippen LogP contribution in [0.1, 0.15) is 16.8 Å². The van der Waals surface area contributed by atoms with Crippen molar-refractivity contribution in [3.05, 3.63) is 82.4 Å². The monoisotopic (exact) mass is 454 g/mol. The second-order valence-corrected chi connectivity index (χ2v) is 7.59. The lowest BCUT2D eigenvalue weighted by Gasteiger charge is -2.14. The van der Waals surface area contributed by atoms with Crippen molar-refractivity contribution >= 4 is 11.6 Å². The summed E-state index contributed by atoms with van der Waals surface area (Å²) in [5, 5.41) is 21.7. The zero-order valence-electron chi connectivity index (χ0n) is 17.6. The van der Waals surface area contributed by atoms with Gasteiger partial charge in [-0.25, -0.2) is 9.37 Å². The van der Waals surface area contributed by atoms with E-state index in [0.717, 1.165) is 16.7 Å². The number of ether oxygens (including phenoxy) is 1. The van der Waals surface area contributed by atoms with E-state index in [1.165, 1.54) is 6.07 Å². The van der Waals surface area contributed by atoms with Crippen molar-refractivity contribution in [2.45, 2.75) is 13.0 Å². The number of rotatable bonds is 8. The summed E-state index contributed by atoms with van der Waals surface area (Å²) in [5.74, 6) is 5.95. The highest BCUT2D eigenvalue weighted by Gasteiger charge is 2.07. The Morgan fingerprint density at radius 2 is 1.81 bits per heavy atom. The molecule has 1 aromatic heterocycles. The standard InChI is InChI=1S/C25H24ClFN2O3/c1-17-12-18(3-9-25(17)32-11-10-28-22(15-30)16-31)2-8-24-23(27)13-20(14-29-24)19-4-6-21(26)7-5-19/h3-7,9,12-14,22,28,30-31H,10-11,15-16H2,1H3. The van der Waals surface area contributed by atoms with Gasteiger partial charge in [-0.05, 0) is 60.4 Å². The fraction of sp³-hybridized carbons (Fsp3) is 0.240. The van der Waals surface area contributed by atoms with Crippen molar-refractivity contribution in [1.82, 2.24) is 10.3 Å². The van der Waals surface area contributed by atoms with Gasteiger partial charge in [-0.15, -0.1) is 0 Å². The number of pyridine rings is 1. The van der Waals surface area contributed by atoms with Crippen LogP contribution in [0.15, 0.2) is 54.7 Å². The number of aryl methyl sites for hydroxylation is 1. The Morgan fingerprint density at radius 3 is 2.47 bits per heavy atom. The number of nitrogens with zero attached hydrogens (tertiary/aromatic N) is 1. The molecule has 0 unspecified atom stereocenters. The van der Waals surface area contributed by atoms with E-state index < -0.39 is 5.82 Å². The quantitative estimate of drug-likeness (QED) is 0.358. The van der Waals surface area contributed by atoms with E-state index in [2.05, 4.69) is 22.1 Å². The molecule has 3 aromatic rings. The fourth-order valence-corrected chi connectivity index (χ4v) is 3.09. The first-order valence-electron chi connectivity index (χ1n) is 10.1. The van der Waals surface area contributed by atoms with Crippen LogP contribution in [0.3, 0.4) is 0 Å². The molecule has 0 saturated carbocycles. The molecule has 0 saturated heterocycles. The van der Waals surface area contributed by atoms with E-state index in [1.54, 1.807) is 24.4 Å². The summed E-state index contributed by atoms with van der Waals surface area (Å²) in [7, 11) is 0. The first-order chi connectivity index (χ1) is 15.5. The Morgan fingerprint density at radius 1 is 1.06 bits per heavy atom. The van der Waals surface area contributed by atoms with Crippen LogP contribution in [-0.2, 0) is 0 Å². The van der Waals surface area contributed by atoms with Crippen molar-refractivity contribution in [3.8, 4) is 28.7 Å². The van der Waals surface area contributed by atoms with Gasteiger partial charge in [0.2, 0.25) is 0 Å². The summed E-state index contributed by atoms with van der Waals surface area (Å²) in [6.07, 6.45) is 1.59. The molecule has 32 heavy (non-hydrogen) atoms. The van der Waals surface area contributed by atoms with Gasteiger partial charge in [0.1, 0.15) is 18.1 Å². The minimum atomic E-state index is -0.488. The summed E-state index contributed by atoms with van der Waals surface area (Å²) in [4.78, 5) is 4.16. The van der Waals surface area contributed by atoms with Crippen LogP contribution >= 0.6 is 11.6 Å². The SMILES string of the molecule is Cc1cc(C#Cc2ncc(-c3ccc(Cl)cc3)cc2F)ccc1OCCNC(CO)CO. The van der Waals surface area contributed by atoms with Crippen molar-refractivity contribution < 1.29 is 19.3 Å². The van der Waals surface area contributed by atoms with Crippen molar-refractivity contribution in [2.75, 3.05) is 26.4 Å². The maximum absolute atomic E-state index is 14.5. The molecule has 0 radical (unpaired) electrons. The zero-order chi connectivity index (χ0) is 22.9. The minimum Gasteiger partial charge on any atom is -0.492 e. The second-order valence-electron chi connectivity index (χ2n) is 7.16. The lowest BCUT2D eigenvalue weighted by atomic mass is 10.1. The Hall–Kier alpha value is -2.95. The smallest absolute Gasteiger partial charge is 0.158 e. The van der Waals surface area contributed by atoms with Gasteiger partial charge in [-0.3, -0.25) is 0 Å². The first kappa shape index (κ1) is 23.7. The van der Waals surface area contributed by atoms with E-state index in [1.807, 2.05) is 31.2 Å². The summed E-state index contributed by atoms with van der Waals surface area (Å²) < 4.78 is 20.2. The second kappa shape index (κ2) is 11.6. The Kier molecular flexibility index (Phi) is 8.60. The molecule has 7 heteroatoms. The van der Waals surface area contributed by atoms with E-state index in [9.17, 15) is 4.39 Å². The van der Waals surface area contributed by atoms with Crippen LogP contribution in [0, 0.1) is 24.6 Å². The van der Waals surface area contributed by atoms with Crippen LogP contribution in [0.4, 0.5) is 4.39 Å². The van der Waals surface area contributed by atoms with Crippen molar-refractivity contribution in [1.29, 1.82) is 0 Å². The van der Waals surface area contributed by atoms with Crippen molar-refractivity contribution in [3.63, 3.8) is 0 Å². The third kappa shape index (κ3) is 6.52. The van der Waals surface area contributed by atoms with E-state index >= 15 is 0 Å². The minimum absolute atomic E-state index is 0.0779. The Labute approximate surface area is 191 Å². The molecule has 0 aliphatic rings. The van der Waals surface area contributed by atoms with E-state index in [4.69, 9.17) is 26.6 Å². The van der Waals surface area contributed by atoms with Crippen molar-refractivity contribution in [2.24, 2.45) is 0 Å². The van der Waals surface area contributed by atoms with Crippen LogP contribution in [0.2, 0.25) is 5.02 Å². The molecule has 5 nitrogen and oxygen atoms in total. The number of benzene rings is 2. The third-order valence-electron chi connectivity index (χ3n) is 4.75.